The molecule has 0 aromatic heterocycles. The second kappa shape index (κ2) is 3.38. The first-order chi connectivity index (χ1) is 6.25. The fourth-order valence-corrected chi connectivity index (χ4v) is 1.80. The molecule has 1 aromatic carbocycles. The number of aryl methyl sites for hydroxylation is 1. The molecule has 0 radical (unpaired) electrons. The van der Waals surface area contributed by atoms with Gasteiger partial charge in [-0.1, -0.05) is 12.1 Å². The van der Waals surface area contributed by atoms with Gasteiger partial charge in [0.05, 0.1) is 6.10 Å². The van der Waals surface area contributed by atoms with Crippen LogP contribution in [0.1, 0.15) is 12.0 Å². The van der Waals surface area contributed by atoms with E-state index < -0.39 is 0 Å². The first-order valence-electron chi connectivity index (χ1n) is 4.75. The average Bonchev–Trinajstić information content (AvgIpc) is 2.52. The molecule has 70 valence electrons. The van der Waals surface area contributed by atoms with Crippen molar-refractivity contribution in [3.05, 3.63) is 29.8 Å². The van der Waals surface area contributed by atoms with Gasteiger partial charge in [-0.2, -0.15) is 0 Å². The molecule has 1 saturated heterocycles. The molecule has 0 spiro atoms. The lowest BCUT2D eigenvalue weighted by molar-refractivity contribution is 0.198. The van der Waals surface area contributed by atoms with Crippen molar-refractivity contribution in [2.45, 2.75) is 19.4 Å². The summed E-state index contributed by atoms with van der Waals surface area (Å²) in [6, 6.07) is 8.43. The highest BCUT2D eigenvalue weighted by molar-refractivity contribution is 5.49. The van der Waals surface area contributed by atoms with Crippen LogP contribution in [0.2, 0.25) is 0 Å². The SMILES string of the molecule is Cc1cccc(N2CC[C@@H](O)C2)c1. The van der Waals surface area contributed by atoms with Crippen LogP contribution in [0.5, 0.6) is 0 Å². The molecule has 1 atom stereocenters. The number of benzene rings is 1. The molecule has 1 aliphatic rings. The summed E-state index contributed by atoms with van der Waals surface area (Å²) < 4.78 is 0. The lowest BCUT2D eigenvalue weighted by Crippen LogP contribution is -2.20. The van der Waals surface area contributed by atoms with Gasteiger partial charge in [-0.15, -0.1) is 0 Å². The van der Waals surface area contributed by atoms with Gasteiger partial charge < -0.3 is 10.0 Å². The van der Waals surface area contributed by atoms with Crippen molar-refractivity contribution in [2.24, 2.45) is 0 Å². The number of β-amino-alcohol motifs (C(OH)–C–C–N with tert-alkyl or cyclic N) is 1. The van der Waals surface area contributed by atoms with Crippen molar-refractivity contribution in [1.29, 1.82) is 0 Å². The van der Waals surface area contributed by atoms with E-state index in [0.29, 0.717) is 0 Å². The molecule has 0 unspecified atom stereocenters. The van der Waals surface area contributed by atoms with E-state index in [1.54, 1.807) is 0 Å². The van der Waals surface area contributed by atoms with Crippen LogP contribution in [0.3, 0.4) is 0 Å². The van der Waals surface area contributed by atoms with Crippen LogP contribution in [-0.4, -0.2) is 24.3 Å². The summed E-state index contributed by atoms with van der Waals surface area (Å²) in [6.07, 6.45) is 0.758. The molecule has 0 bridgehead atoms. The maximum atomic E-state index is 9.39. The Labute approximate surface area is 78.8 Å². The molecule has 1 heterocycles. The van der Waals surface area contributed by atoms with Gasteiger partial charge in [-0.25, -0.2) is 0 Å². The standard InChI is InChI=1S/C11H15NO/c1-9-3-2-4-10(7-9)12-6-5-11(13)8-12/h2-4,7,11,13H,5-6,8H2,1H3/t11-/m1/s1. The molecule has 1 fully saturated rings. The molecule has 13 heavy (non-hydrogen) atoms. The minimum Gasteiger partial charge on any atom is -0.391 e. The normalized spacial score (nSPS) is 22.3. The van der Waals surface area contributed by atoms with Crippen LogP contribution in [-0.2, 0) is 0 Å². The van der Waals surface area contributed by atoms with E-state index >= 15 is 0 Å². The summed E-state index contributed by atoms with van der Waals surface area (Å²) in [4.78, 5) is 2.23. The fourth-order valence-electron chi connectivity index (χ4n) is 1.80. The monoisotopic (exact) mass is 177 g/mol. The quantitative estimate of drug-likeness (QED) is 0.703. The molecule has 1 N–H and O–H groups in total. The van der Waals surface area contributed by atoms with Crippen molar-refractivity contribution >= 4 is 5.69 Å². The van der Waals surface area contributed by atoms with E-state index in [0.717, 1.165) is 19.5 Å². The third-order valence-corrected chi connectivity index (χ3v) is 2.53. The summed E-state index contributed by atoms with van der Waals surface area (Å²) in [5.41, 5.74) is 2.51. The Balaban J connectivity index is 2.16. The predicted molar refractivity (Wildman–Crippen MR) is 54.0 cm³/mol. The maximum absolute atomic E-state index is 9.39. The van der Waals surface area contributed by atoms with Gasteiger partial charge in [0.15, 0.2) is 0 Å². The summed E-state index contributed by atoms with van der Waals surface area (Å²) in [7, 11) is 0. The molecular formula is C11H15NO. The highest BCUT2D eigenvalue weighted by Gasteiger charge is 2.19. The van der Waals surface area contributed by atoms with Gasteiger partial charge in [0.2, 0.25) is 0 Å². The Morgan fingerprint density at radius 3 is 2.92 bits per heavy atom. The summed E-state index contributed by atoms with van der Waals surface area (Å²) in [5.74, 6) is 0. The second-order valence-electron chi connectivity index (χ2n) is 3.73. The Bertz CT molecular complexity index is 298. The predicted octanol–water partition coefficient (Wildman–Crippen LogP) is 1.57. The third-order valence-electron chi connectivity index (χ3n) is 2.53. The number of aliphatic hydroxyl groups is 1. The van der Waals surface area contributed by atoms with E-state index in [9.17, 15) is 5.11 Å². The van der Waals surface area contributed by atoms with Crippen LogP contribution < -0.4 is 4.90 Å². The van der Waals surface area contributed by atoms with E-state index in [2.05, 4.69) is 36.1 Å². The van der Waals surface area contributed by atoms with Crippen molar-refractivity contribution in [1.82, 2.24) is 0 Å². The van der Waals surface area contributed by atoms with E-state index in [1.165, 1.54) is 11.3 Å². The molecule has 2 heteroatoms. The van der Waals surface area contributed by atoms with E-state index in [1.807, 2.05) is 0 Å². The van der Waals surface area contributed by atoms with Crippen molar-refractivity contribution < 1.29 is 5.11 Å². The molecule has 2 rings (SSSR count). The number of aliphatic hydroxyl groups excluding tert-OH is 1. The number of hydrogen-bond donors (Lipinski definition) is 1. The molecule has 1 aliphatic heterocycles. The van der Waals surface area contributed by atoms with Crippen LogP contribution >= 0.6 is 0 Å². The molecule has 0 amide bonds. The van der Waals surface area contributed by atoms with Gasteiger partial charge in [0.25, 0.3) is 0 Å². The third kappa shape index (κ3) is 1.83. The Morgan fingerprint density at radius 1 is 1.46 bits per heavy atom. The summed E-state index contributed by atoms with van der Waals surface area (Å²) >= 11 is 0. The van der Waals surface area contributed by atoms with Crippen LogP contribution in [0.15, 0.2) is 24.3 Å². The van der Waals surface area contributed by atoms with Crippen molar-refractivity contribution in [3.8, 4) is 0 Å². The van der Waals surface area contributed by atoms with Gasteiger partial charge in [0, 0.05) is 18.8 Å². The van der Waals surface area contributed by atoms with E-state index in [-0.39, 0.29) is 6.10 Å². The molecule has 1 aromatic rings. The average molecular weight is 177 g/mol. The van der Waals surface area contributed by atoms with E-state index in [4.69, 9.17) is 0 Å². The Hall–Kier alpha value is -1.02. The van der Waals surface area contributed by atoms with Gasteiger partial charge >= 0.3 is 0 Å². The lowest BCUT2D eigenvalue weighted by Gasteiger charge is -2.17. The minimum atomic E-state index is -0.138. The van der Waals surface area contributed by atoms with Gasteiger partial charge in [-0.3, -0.25) is 0 Å². The highest BCUT2D eigenvalue weighted by Crippen LogP contribution is 2.20. The zero-order chi connectivity index (χ0) is 9.26. The highest BCUT2D eigenvalue weighted by atomic mass is 16.3. The van der Waals surface area contributed by atoms with Crippen molar-refractivity contribution in [3.63, 3.8) is 0 Å². The fraction of sp³-hybridized carbons (Fsp3) is 0.455. The Kier molecular flexibility index (Phi) is 2.23. The first kappa shape index (κ1) is 8.57. The van der Waals surface area contributed by atoms with Crippen LogP contribution in [0.25, 0.3) is 0 Å². The van der Waals surface area contributed by atoms with Crippen molar-refractivity contribution in [2.75, 3.05) is 18.0 Å². The smallest absolute Gasteiger partial charge is 0.0731 e. The zero-order valence-electron chi connectivity index (χ0n) is 7.90. The summed E-state index contributed by atoms with van der Waals surface area (Å²) in [5, 5.41) is 9.39. The Morgan fingerprint density at radius 2 is 2.31 bits per heavy atom. The van der Waals surface area contributed by atoms with Gasteiger partial charge in [0.1, 0.15) is 0 Å². The number of rotatable bonds is 1. The first-order valence-corrected chi connectivity index (χ1v) is 4.75. The number of anilines is 1. The second-order valence-corrected chi connectivity index (χ2v) is 3.73. The minimum absolute atomic E-state index is 0.138. The molecule has 0 saturated carbocycles. The van der Waals surface area contributed by atoms with Crippen LogP contribution in [0, 0.1) is 6.92 Å². The number of hydrogen-bond acceptors (Lipinski definition) is 2. The largest absolute Gasteiger partial charge is 0.391 e. The zero-order valence-corrected chi connectivity index (χ0v) is 7.90. The summed E-state index contributed by atoms with van der Waals surface area (Å²) in [6.45, 7) is 3.85. The lowest BCUT2D eigenvalue weighted by atomic mass is 10.2. The molecular weight excluding hydrogens is 162 g/mol. The topological polar surface area (TPSA) is 23.5 Å². The molecule has 0 aliphatic carbocycles. The van der Waals surface area contributed by atoms with Gasteiger partial charge in [-0.05, 0) is 31.0 Å². The molecule has 2 nitrogen and oxygen atoms in total. The van der Waals surface area contributed by atoms with Crippen LogP contribution in [0.4, 0.5) is 5.69 Å². The number of nitrogens with zero attached hydrogens (tertiary/aromatic N) is 1. The maximum Gasteiger partial charge on any atom is 0.0731 e.